The Morgan fingerprint density at radius 3 is 2.65 bits per heavy atom. The Balaban J connectivity index is 1.94. The first kappa shape index (κ1) is 15.4. The second-order valence-electron chi connectivity index (χ2n) is 5.70. The van der Waals surface area contributed by atoms with Gasteiger partial charge in [0, 0.05) is 29.2 Å². The lowest BCUT2D eigenvalue weighted by Crippen LogP contribution is -2.45. The molecule has 4 heteroatoms. The summed E-state index contributed by atoms with van der Waals surface area (Å²) >= 11 is 1.98. The van der Waals surface area contributed by atoms with Crippen molar-refractivity contribution in [3.63, 3.8) is 0 Å². The van der Waals surface area contributed by atoms with Crippen LogP contribution in [0.25, 0.3) is 0 Å². The van der Waals surface area contributed by atoms with Gasteiger partial charge < -0.3 is 4.74 Å². The van der Waals surface area contributed by atoms with Crippen LogP contribution in [0.4, 0.5) is 0 Å². The second-order valence-corrected chi connectivity index (χ2v) is 7.50. The molecule has 1 saturated heterocycles. The van der Waals surface area contributed by atoms with Crippen LogP contribution in [0.5, 0.6) is 5.75 Å². The molecule has 1 fully saturated rings. The van der Waals surface area contributed by atoms with Crippen molar-refractivity contribution in [1.82, 2.24) is 4.90 Å². The maximum atomic E-state index is 12.3. The first-order valence-electron chi connectivity index (χ1n) is 7.12. The Kier molecular flexibility index (Phi) is 5.11. The highest BCUT2D eigenvalue weighted by Crippen LogP contribution is 2.29. The lowest BCUT2D eigenvalue weighted by Gasteiger charge is -2.37. The fourth-order valence-corrected chi connectivity index (χ4v) is 3.62. The lowest BCUT2D eigenvalue weighted by atomic mass is 10.1. The number of hydrogen-bond donors (Lipinski definition) is 0. The summed E-state index contributed by atoms with van der Waals surface area (Å²) in [7, 11) is 0. The van der Waals surface area contributed by atoms with Crippen LogP contribution in [0.1, 0.15) is 31.1 Å². The van der Waals surface area contributed by atoms with Gasteiger partial charge in [0.2, 0.25) is 0 Å². The van der Waals surface area contributed by atoms with Crippen molar-refractivity contribution in [3.8, 4) is 5.75 Å². The average molecular weight is 293 g/mol. The molecular formula is C16H23NO2S. The molecule has 1 aliphatic rings. The van der Waals surface area contributed by atoms with E-state index < -0.39 is 0 Å². The molecule has 0 unspecified atom stereocenters. The number of carbonyl (C=O) groups is 1. The monoisotopic (exact) mass is 293 g/mol. The molecule has 1 aromatic carbocycles. The molecule has 0 saturated carbocycles. The van der Waals surface area contributed by atoms with Crippen molar-refractivity contribution in [3.05, 3.63) is 29.8 Å². The van der Waals surface area contributed by atoms with Crippen LogP contribution < -0.4 is 4.74 Å². The summed E-state index contributed by atoms with van der Waals surface area (Å²) in [6, 6.07) is 7.45. The SMILES string of the molecule is CCOc1ccc(C(=O)CN2CCSC(C)(C)C2)cc1. The number of Topliss-reactive ketones (excluding diaryl/α,β-unsaturated/α-hetero) is 1. The molecular weight excluding hydrogens is 270 g/mol. The molecule has 0 N–H and O–H groups in total. The Morgan fingerprint density at radius 1 is 1.35 bits per heavy atom. The smallest absolute Gasteiger partial charge is 0.176 e. The minimum atomic E-state index is 0.191. The van der Waals surface area contributed by atoms with Crippen molar-refractivity contribution in [2.24, 2.45) is 0 Å². The Hall–Kier alpha value is -1.00. The maximum Gasteiger partial charge on any atom is 0.176 e. The molecule has 0 bridgehead atoms. The summed E-state index contributed by atoms with van der Waals surface area (Å²) in [6.07, 6.45) is 0. The summed E-state index contributed by atoms with van der Waals surface area (Å²) < 4.78 is 5.64. The third-order valence-corrected chi connectivity index (χ3v) is 4.66. The number of nitrogens with zero attached hydrogens (tertiary/aromatic N) is 1. The van der Waals surface area contributed by atoms with E-state index in [9.17, 15) is 4.79 Å². The molecule has 0 amide bonds. The van der Waals surface area contributed by atoms with E-state index >= 15 is 0 Å². The minimum absolute atomic E-state index is 0.191. The maximum absolute atomic E-state index is 12.3. The van der Waals surface area contributed by atoms with Gasteiger partial charge in [-0.15, -0.1) is 0 Å². The van der Waals surface area contributed by atoms with Crippen LogP contribution in [0.15, 0.2) is 24.3 Å². The molecule has 0 aromatic heterocycles. The molecule has 1 aliphatic heterocycles. The van der Waals surface area contributed by atoms with Crippen molar-refractivity contribution in [1.29, 1.82) is 0 Å². The molecule has 2 rings (SSSR count). The summed E-state index contributed by atoms with van der Waals surface area (Å²) in [5, 5.41) is 0. The van der Waals surface area contributed by atoms with E-state index in [1.54, 1.807) is 0 Å². The van der Waals surface area contributed by atoms with E-state index in [1.165, 1.54) is 0 Å². The first-order valence-corrected chi connectivity index (χ1v) is 8.11. The second kappa shape index (κ2) is 6.64. The number of thioether (sulfide) groups is 1. The lowest BCUT2D eigenvalue weighted by molar-refractivity contribution is 0.0927. The number of hydrogen-bond acceptors (Lipinski definition) is 4. The zero-order valence-electron chi connectivity index (χ0n) is 12.5. The van der Waals surface area contributed by atoms with Gasteiger partial charge in [0.05, 0.1) is 13.2 Å². The third kappa shape index (κ3) is 4.25. The topological polar surface area (TPSA) is 29.5 Å². The molecule has 0 atom stereocenters. The molecule has 20 heavy (non-hydrogen) atoms. The number of ketones is 1. The molecule has 1 heterocycles. The highest BCUT2D eigenvalue weighted by molar-refractivity contribution is 8.00. The van der Waals surface area contributed by atoms with Crippen molar-refractivity contribution >= 4 is 17.5 Å². The van der Waals surface area contributed by atoms with Gasteiger partial charge in [-0.1, -0.05) is 0 Å². The number of ether oxygens (including phenoxy) is 1. The highest BCUT2D eigenvalue weighted by atomic mass is 32.2. The van der Waals surface area contributed by atoms with Gasteiger partial charge in [0.1, 0.15) is 5.75 Å². The van der Waals surface area contributed by atoms with E-state index in [0.717, 1.165) is 30.2 Å². The summed E-state index contributed by atoms with van der Waals surface area (Å²) in [5.74, 6) is 2.11. The number of carbonyl (C=O) groups excluding carboxylic acids is 1. The molecule has 1 aromatic rings. The third-order valence-electron chi connectivity index (χ3n) is 3.36. The van der Waals surface area contributed by atoms with Crippen LogP contribution in [0.2, 0.25) is 0 Å². The molecule has 0 spiro atoms. The molecule has 3 nitrogen and oxygen atoms in total. The molecule has 0 aliphatic carbocycles. The van der Waals surface area contributed by atoms with Crippen LogP contribution in [-0.2, 0) is 0 Å². The van der Waals surface area contributed by atoms with Crippen LogP contribution in [0, 0.1) is 0 Å². The van der Waals surface area contributed by atoms with E-state index in [2.05, 4.69) is 18.7 Å². The standard InChI is InChI=1S/C16H23NO2S/c1-4-19-14-7-5-13(6-8-14)15(18)11-17-9-10-20-16(2,3)12-17/h5-8H,4,9-12H2,1-3H3. The van der Waals surface area contributed by atoms with E-state index in [1.807, 2.05) is 43.0 Å². The Labute approximate surface area is 125 Å². The summed E-state index contributed by atoms with van der Waals surface area (Å²) in [5.41, 5.74) is 0.768. The summed E-state index contributed by atoms with van der Waals surface area (Å²) in [6.45, 7) is 9.56. The van der Waals surface area contributed by atoms with E-state index in [-0.39, 0.29) is 10.5 Å². The van der Waals surface area contributed by atoms with Crippen LogP contribution in [-0.4, -0.2) is 47.4 Å². The normalized spacial score (nSPS) is 18.8. The molecule has 110 valence electrons. The van der Waals surface area contributed by atoms with Gasteiger partial charge in [0.15, 0.2) is 5.78 Å². The quantitative estimate of drug-likeness (QED) is 0.780. The van der Waals surface area contributed by atoms with Crippen molar-refractivity contribution in [2.75, 3.05) is 32.0 Å². The van der Waals surface area contributed by atoms with Crippen molar-refractivity contribution in [2.45, 2.75) is 25.5 Å². The van der Waals surface area contributed by atoms with Gasteiger partial charge in [0.25, 0.3) is 0 Å². The fourth-order valence-electron chi connectivity index (χ4n) is 2.45. The molecule has 0 radical (unpaired) electrons. The number of rotatable bonds is 5. The Bertz CT molecular complexity index is 456. The largest absolute Gasteiger partial charge is 0.494 e. The van der Waals surface area contributed by atoms with Gasteiger partial charge >= 0.3 is 0 Å². The highest BCUT2D eigenvalue weighted by Gasteiger charge is 2.28. The van der Waals surface area contributed by atoms with Gasteiger partial charge in [-0.3, -0.25) is 9.69 Å². The zero-order chi connectivity index (χ0) is 14.6. The van der Waals surface area contributed by atoms with Gasteiger partial charge in [-0.25, -0.2) is 0 Å². The van der Waals surface area contributed by atoms with Crippen molar-refractivity contribution < 1.29 is 9.53 Å². The predicted octanol–water partition coefficient (Wildman–Crippen LogP) is 3.10. The zero-order valence-corrected chi connectivity index (χ0v) is 13.3. The van der Waals surface area contributed by atoms with Crippen LogP contribution >= 0.6 is 11.8 Å². The van der Waals surface area contributed by atoms with E-state index in [0.29, 0.717) is 13.2 Å². The predicted molar refractivity (Wildman–Crippen MR) is 84.9 cm³/mol. The summed E-state index contributed by atoms with van der Waals surface area (Å²) in [4.78, 5) is 14.6. The van der Waals surface area contributed by atoms with Gasteiger partial charge in [-0.2, -0.15) is 11.8 Å². The van der Waals surface area contributed by atoms with Gasteiger partial charge in [-0.05, 0) is 45.0 Å². The van der Waals surface area contributed by atoms with Crippen LogP contribution in [0.3, 0.4) is 0 Å². The fraction of sp³-hybridized carbons (Fsp3) is 0.562. The average Bonchev–Trinajstić information content (AvgIpc) is 2.38. The Morgan fingerprint density at radius 2 is 2.05 bits per heavy atom. The van der Waals surface area contributed by atoms with E-state index in [4.69, 9.17) is 4.74 Å². The minimum Gasteiger partial charge on any atom is -0.494 e. The number of benzene rings is 1. The first-order chi connectivity index (χ1) is 9.50.